The number of aliphatic hydroxyl groups is 1. The second kappa shape index (κ2) is 5.48. The van der Waals surface area contributed by atoms with Gasteiger partial charge in [-0.1, -0.05) is 24.3 Å². The SMILES string of the molecule is OB(O)c1ccc(F)c([C@@H](O)c2ccc(F)cc2)c1. The van der Waals surface area contributed by atoms with Gasteiger partial charge < -0.3 is 15.2 Å². The van der Waals surface area contributed by atoms with Gasteiger partial charge in [-0.2, -0.15) is 0 Å². The topological polar surface area (TPSA) is 60.7 Å². The van der Waals surface area contributed by atoms with Gasteiger partial charge in [0.2, 0.25) is 0 Å². The smallest absolute Gasteiger partial charge is 0.423 e. The van der Waals surface area contributed by atoms with Crippen molar-refractivity contribution in [1.29, 1.82) is 0 Å². The molecule has 0 aromatic heterocycles. The Kier molecular flexibility index (Phi) is 3.94. The molecule has 6 heteroatoms. The van der Waals surface area contributed by atoms with Gasteiger partial charge in [0.05, 0.1) is 0 Å². The summed E-state index contributed by atoms with van der Waals surface area (Å²) in [4.78, 5) is 0. The Morgan fingerprint density at radius 3 is 2.16 bits per heavy atom. The van der Waals surface area contributed by atoms with E-state index in [2.05, 4.69) is 0 Å². The molecule has 0 aliphatic carbocycles. The maximum Gasteiger partial charge on any atom is 0.488 e. The van der Waals surface area contributed by atoms with Gasteiger partial charge in [0, 0.05) is 5.56 Å². The summed E-state index contributed by atoms with van der Waals surface area (Å²) in [5.41, 5.74) is 0.277. The number of hydrogen-bond donors (Lipinski definition) is 3. The third-order valence-corrected chi connectivity index (χ3v) is 2.80. The van der Waals surface area contributed by atoms with Crippen LogP contribution in [-0.4, -0.2) is 22.3 Å². The normalized spacial score (nSPS) is 12.3. The molecule has 0 saturated carbocycles. The van der Waals surface area contributed by atoms with E-state index in [0.717, 1.165) is 24.3 Å². The zero-order chi connectivity index (χ0) is 14.0. The highest BCUT2D eigenvalue weighted by Crippen LogP contribution is 2.23. The molecule has 0 fully saturated rings. The van der Waals surface area contributed by atoms with Crippen molar-refractivity contribution in [2.45, 2.75) is 6.10 Å². The quantitative estimate of drug-likeness (QED) is 0.716. The van der Waals surface area contributed by atoms with E-state index in [0.29, 0.717) is 5.56 Å². The van der Waals surface area contributed by atoms with Gasteiger partial charge in [0.15, 0.2) is 0 Å². The molecule has 0 amide bonds. The molecule has 0 saturated heterocycles. The largest absolute Gasteiger partial charge is 0.488 e. The summed E-state index contributed by atoms with van der Waals surface area (Å²) in [6, 6.07) is 8.39. The van der Waals surface area contributed by atoms with E-state index in [1.54, 1.807) is 0 Å². The van der Waals surface area contributed by atoms with Crippen LogP contribution in [0.1, 0.15) is 17.2 Å². The summed E-state index contributed by atoms with van der Waals surface area (Å²) in [5.74, 6) is -1.14. The molecular formula is C13H11BF2O3. The van der Waals surface area contributed by atoms with Crippen LogP contribution >= 0.6 is 0 Å². The molecular weight excluding hydrogens is 253 g/mol. The fourth-order valence-electron chi connectivity index (χ4n) is 1.76. The second-order valence-electron chi connectivity index (χ2n) is 4.11. The van der Waals surface area contributed by atoms with Crippen LogP contribution in [-0.2, 0) is 0 Å². The zero-order valence-electron chi connectivity index (χ0n) is 9.79. The van der Waals surface area contributed by atoms with Crippen molar-refractivity contribution in [2.75, 3.05) is 0 Å². The van der Waals surface area contributed by atoms with Crippen molar-refractivity contribution in [3.63, 3.8) is 0 Å². The van der Waals surface area contributed by atoms with E-state index in [1.165, 1.54) is 18.2 Å². The first-order valence-corrected chi connectivity index (χ1v) is 5.58. The number of aliphatic hydroxyl groups excluding tert-OH is 1. The predicted octanol–water partition coefficient (Wildman–Crippen LogP) is 0.726. The van der Waals surface area contributed by atoms with Crippen molar-refractivity contribution in [3.05, 3.63) is 65.2 Å². The average Bonchev–Trinajstić information content (AvgIpc) is 2.39. The minimum atomic E-state index is -1.75. The van der Waals surface area contributed by atoms with Crippen LogP contribution in [0.5, 0.6) is 0 Å². The van der Waals surface area contributed by atoms with E-state index in [4.69, 9.17) is 10.0 Å². The van der Waals surface area contributed by atoms with Crippen LogP contribution in [0, 0.1) is 11.6 Å². The fraction of sp³-hybridized carbons (Fsp3) is 0.0769. The van der Waals surface area contributed by atoms with E-state index in [-0.39, 0.29) is 11.0 Å². The Labute approximate surface area is 108 Å². The lowest BCUT2D eigenvalue weighted by Crippen LogP contribution is -2.30. The van der Waals surface area contributed by atoms with Gasteiger partial charge in [0.25, 0.3) is 0 Å². The Balaban J connectivity index is 2.40. The van der Waals surface area contributed by atoms with Crippen molar-refractivity contribution in [1.82, 2.24) is 0 Å². The average molecular weight is 264 g/mol. The standard InChI is InChI=1S/C13H11BF2O3/c15-10-4-1-8(2-5-10)13(17)11-7-9(14(18)19)3-6-12(11)16/h1-7,13,17-19H/t13-/m0/s1. The molecule has 0 spiro atoms. The number of hydrogen-bond acceptors (Lipinski definition) is 3. The Bertz CT molecular complexity index is 573. The van der Waals surface area contributed by atoms with Crippen LogP contribution < -0.4 is 5.46 Å². The highest BCUT2D eigenvalue weighted by atomic mass is 19.1. The summed E-state index contributed by atoms with van der Waals surface area (Å²) in [6.45, 7) is 0. The van der Waals surface area contributed by atoms with Crippen molar-refractivity contribution < 1.29 is 23.9 Å². The lowest BCUT2D eigenvalue weighted by atomic mass is 9.79. The van der Waals surface area contributed by atoms with Crippen LogP contribution in [0.3, 0.4) is 0 Å². The first kappa shape index (κ1) is 13.7. The minimum Gasteiger partial charge on any atom is -0.423 e. The highest BCUT2D eigenvalue weighted by molar-refractivity contribution is 6.58. The van der Waals surface area contributed by atoms with Gasteiger partial charge in [-0.3, -0.25) is 0 Å². The summed E-state index contributed by atoms with van der Waals surface area (Å²) in [6.07, 6.45) is -1.31. The molecule has 3 N–H and O–H groups in total. The van der Waals surface area contributed by atoms with Crippen molar-refractivity contribution in [2.24, 2.45) is 0 Å². The van der Waals surface area contributed by atoms with E-state index >= 15 is 0 Å². The Hall–Kier alpha value is -1.76. The van der Waals surface area contributed by atoms with Gasteiger partial charge in [-0.15, -0.1) is 0 Å². The molecule has 0 aliphatic rings. The van der Waals surface area contributed by atoms with Crippen LogP contribution in [0.2, 0.25) is 0 Å². The van der Waals surface area contributed by atoms with Crippen LogP contribution in [0.4, 0.5) is 8.78 Å². The fourth-order valence-corrected chi connectivity index (χ4v) is 1.76. The minimum absolute atomic E-state index is 0.0672. The van der Waals surface area contributed by atoms with Gasteiger partial charge >= 0.3 is 7.12 Å². The maximum absolute atomic E-state index is 13.7. The molecule has 0 bridgehead atoms. The Morgan fingerprint density at radius 1 is 0.947 bits per heavy atom. The molecule has 0 heterocycles. The molecule has 98 valence electrons. The number of benzene rings is 2. The molecule has 19 heavy (non-hydrogen) atoms. The van der Waals surface area contributed by atoms with E-state index < -0.39 is 24.9 Å². The Morgan fingerprint density at radius 2 is 1.58 bits per heavy atom. The second-order valence-corrected chi connectivity index (χ2v) is 4.11. The van der Waals surface area contributed by atoms with E-state index in [9.17, 15) is 13.9 Å². The summed E-state index contributed by atoms with van der Waals surface area (Å²) in [7, 11) is -1.75. The van der Waals surface area contributed by atoms with Crippen molar-refractivity contribution in [3.8, 4) is 0 Å². The lowest BCUT2D eigenvalue weighted by molar-refractivity contribution is 0.215. The summed E-state index contributed by atoms with van der Waals surface area (Å²) < 4.78 is 26.4. The molecule has 0 unspecified atom stereocenters. The zero-order valence-corrected chi connectivity index (χ0v) is 9.79. The molecule has 2 rings (SSSR count). The van der Waals surface area contributed by atoms with Gasteiger partial charge in [-0.05, 0) is 29.2 Å². The molecule has 0 radical (unpaired) electrons. The number of halogens is 2. The maximum atomic E-state index is 13.7. The van der Waals surface area contributed by atoms with E-state index in [1.807, 2.05) is 0 Å². The van der Waals surface area contributed by atoms with Gasteiger partial charge in [-0.25, -0.2) is 8.78 Å². The molecule has 3 nitrogen and oxygen atoms in total. The third kappa shape index (κ3) is 2.98. The van der Waals surface area contributed by atoms with Crippen molar-refractivity contribution >= 4 is 12.6 Å². The van der Waals surface area contributed by atoms with Gasteiger partial charge in [0.1, 0.15) is 17.7 Å². The third-order valence-electron chi connectivity index (χ3n) is 2.80. The molecule has 2 aromatic carbocycles. The first-order valence-electron chi connectivity index (χ1n) is 5.58. The summed E-state index contributed by atoms with van der Waals surface area (Å²) in [5, 5.41) is 28.1. The van der Waals surface area contributed by atoms with Crippen LogP contribution in [0.15, 0.2) is 42.5 Å². The lowest BCUT2D eigenvalue weighted by Gasteiger charge is -2.13. The highest BCUT2D eigenvalue weighted by Gasteiger charge is 2.19. The first-order chi connectivity index (χ1) is 8.99. The monoisotopic (exact) mass is 264 g/mol. The number of rotatable bonds is 3. The molecule has 1 atom stereocenters. The predicted molar refractivity (Wildman–Crippen MR) is 66.7 cm³/mol. The summed E-state index contributed by atoms with van der Waals surface area (Å²) >= 11 is 0. The van der Waals surface area contributed by atoms with Crippen LogP contribution in [0.25, 0.3) is 0 Å². The molecule has 0 aliphatic heterocycles. The molecule has 2 aromatic rings.